The standard InChI is InChI=1S/C12H20N2O/c1-11(15)9-13-7-8-14-10-12-5-3-2-4-6-12/h2-6,11,13-15H,7-10H2,1H3/t11-/m1/s1. The molecule has 3 heteroatoms. The van der Waals surface area contributed by atoms with Crippen LogP contribution >= 0.6 is 0 Å². The Balaban J connectivity index is 1.98. The van der Waals surface area contributed by atoms with Gasteiger partial charge in [-0.2, -0.15) is 0 Å². The summed E-state index contributed by atoms with van der Waals surface area (Å²) in [6, 6.07) is 10.3. The van der Waals surface area contributed by atoms with Crippen LogP contribution in [-0.2, 0) is 6.54 Å². The molecule has 1 aromatic carbocycles. The Labute approximate surface area is 91.5 Å². The van der Waals surface area contributed by atoms with Gasteiger partial charge in [-0.1, -0.05) is 30.3 Å². The van der Waals surface area contributed by atoms with Gasteiger partial charge in [0.15, 0.2) is 0 Å². The van der Waals surface area contributed by atoms with Crippen molar-refractivity contribution < 1.29 is 5.11 Å². The highest BCUT2D eigenvalue weighted by molar-refractivity contribution is 5.14. The first-order chi connectivity index (χ1) is 7.29. The third-order valence-electron chi connectivity index (χ3n) is 2.09. The highest BCUT2D eigenvalue weighted by atomic mass is 16.3. The van der Waals surface area contributed by atoms with Gasteiger partial charge in [-0.05, 0) is 12.5 Å². The van der Waals surface area contributed by atoms with Crippen molar-refractivity contribution in [1.82, 2.24) is 10.6 Å². The molecule has 0 radical (unpaired) electrons. The van der Waals surface area contributed by atoms with E-state index in [1.165, 1.54) is 5.56 Å². The molecule has 0 aliphatic carbocycles. The number of benzene rings is 1. The summed E-state index contributed by atoms with van der Waals surface area (Å²) in [5, 5.41) is 15.5. The van der Waals surface area contributed by atoms with Crippen molar-refractivity contribution in [1.29, 1.82) is 0 Å². The van der Waals surface area contributed by atoms with Crippen LogP contribution in [0.2, 0.25) is 0 Å². The molecule has 1 atom stereocenters. The fourth-order valence-corrected chi connectivity index (χ4v) is 1.32. The van der Waals surface area contributed by atoms with E-state index in [9.17, 15) is 0 Å². The molecule has 0 amide bonds. The lowest BCUT2D eigenvalue weighted by molar-refractivity contribution is 0.191. The average molecular weight is 208 g/mol. The Bertz CT molecular complexity index is 249. The van der Waals surface area contributed by atoms with Gasteiger partial charge < -0.3 is 15.7 Å². The first kappa shape index (κ1) is 12.2. The summed E-state index contributed by atoms with van der Waals surface area (Å²) in [5.74, 6) is 0. The summed E-state index contributed by atoms with van der Waals surface area (Å²) < 4.78 is 0. The largest absolute Gasteiger partial charge is 0.392 e. The van der Waals surface area contributed by atoms with Crippen molar-refractivity contribution in [3.63, 3.8) is 0 Å². The molecule has 0 aliphatic rings. The smallest absolute Gasteiger partial charge is 0.0636 e. The molecular formula is C12H20N2O. The van der Waals surface area contributed by atoms with Crippen LogP contribution in [0, 0.1) is 0 Å². The topological polar surface area (TPSA) is 44.3 Å². The lowest BCUT2D eigenvalue weighted by Crippen LogP contribution is -2.31. The monoisotopic (exact) mass is 208 g/mol. The van der Waals surface area contributed by atoms with Gasteiger partial charge in [-0.3, -0.25) is 0 Å². The Morgan fingerprint density at radius 1 is 1.13 bits per heavy atom. The predicted octanol–water partition coefficient (Wildman–Crippen LogP) is 0.747. The molecule has 3 nitrogen and oxygen atoms in total. The maximum atomic E-state index is 9.00. The Morgan fingerprint density at radius 3 is 2.47 bits per heavy atom. The summed E-state index contributed by atoms with van der Waals surface area (Å²) in [5.41, 5.74) is 1.30. The van der Waals surface area contributed by atoms with Crippen molar-refractivity contribution >= 4 is 0 Å². The molecule has 84 valence electrons. The second-order valence-corrected chi connectivity index (χ2v) is 3.72. The maximum Gasteiger partial charge on any atom is 0.0636 e. The number of hydrogen-bond acceptors (Lipinski definition) is 3. The van der Waals surface area contributed by atoms with Crippen LogP contribution in [0.4, 0.5) is 0 Å². The summed E-state index contributed by atoms with van der Waals surface area (Å²) in [6.45, 7) is 5.15. The minimum atomic E-state index is -0.265. The van der Waals surface area contributed by atoms with E-state index in [1.807, 2.05) is 18.2 Å². The highest BCUT2D eigenvalue weighted by Crippen LogP contribution is 1.96. The molecule has 15 heavy (non-hydrogen) atoms. The van der Waals surface area contributed by atoms with Crippen LogP contribution < -0.4 is 10.6 Å². The van der Waals surface area contributed by atoms with E-state index in [1.54, 1.807) is 6.92 Å². The minimum Gasteiger partial charge on any atom is -0.392 e. The van der Waals surface area contributed by atoms with Crippen LogP contribution in [0.15, 0.2) is 30.3 Å². The van der Waals surface area contributed by atoms with Gasteiger partial charge in [0.05, 0.1) is 6.10 Å². The van der Waals surface area contributed by atoms with E-state index in [-0.39, 0.29) is 6.10 Å². The number of aliphatic hydroxyl groups is 1. The van der Waals surface area contributed by atoms with Crippen LogP contribution in [0.25, 0.3) is 0 Å². The zero-order valence-corrected chi connectivity index (χ0v) is 9.24. The van der Waals surface area contributed by atoms with E-state index in [4.69, 9.17) is 5.11 Å². The Morgan fingerprint density at radius 2 is 1.80 bits per heavy atom. The summed E-state index contributed by atoms with van der Waals surface area (Å²) >= 11 is 0. The minimum absolute atomic E-state index is 0.265. The lowest BCUT2D eigenvalue weighted by atomic mass is 10.2. The molecule has 1 aromatic rings. The lowest BCUT2D eigenvalue weighted by Gasteiger charge is -2.07. The van der Waals surface area contributed by atoms with Crippen LogP contribution in [0.1, 0.15) is 12.5 Å². The van der Waals surface area contributed by atoms with Crippen LogP contribution in [0.5, 0.6) is 0 Å². The first-order valence-electron chi connectivity index (χ1n) is 5.42. The second kappa shape index (κ2) is 7.40. The van der Waals surface area contributed by atoms with Crippen LogP contribution in [-0.4, -0.2) is 30.8 Å². The Hall–Kier alpha value is -0.900. The zero-order valence-electron chi connectivity index (χ0n) is 9.24. The fourth-order valence-electron chi connectivity index (χ4n) is 1.32. The van der Waals surface area contributed by atoms with E-state index >= 15 is 0 Å². The molecule has 0 aromatic heterocycles. The van der Waals surface area contributed by atoms with E-state index < -0.39 is 0 Å². The molecule has 0 spiro atoms. The van der Waals surface area contributed by atoms with Gasteiger partial charge >= 0.3 is 0 Å². The number of rotatable bonds is 7. The summed E-state index contributed by atoms with van der Waals surface area (Å²) in [6.07, 6.45) is -0.265. The van der Waals surface area contributed by atoms with Crippen molar-refractivity contribution in [2.24, 2.45) is 0 Å². The summed E-state index contributed by atoms with van der Waals surface area (Å²) in [7, 11) is 0. The second-order valence-electron chi connectivity index (χ2n) is 3.72. The number of aliphatic hydroxyl groups excluding tert-OH is 1. The first-order valence-corrected chi connectivity index (χ1v) is 5.42. The van der Waals surface area contributed by atoms with Gasteiger partial charge in [0, 0.05) is 26.2 Å². The third-order valence-corrected chi connectivity index (χ3v) is 2.09. The predicted molar refractivity (Wildman–Crippen MR) is 62.7 cm³/mol. The highest BCUT2D eigenvalue weighted by Gasteiger charge is 1.93. The molecule has 0 heterocycles. The van der Waals surface area contributed by atoms with Gasteiger partial charge in [0.1, 0.15) is 0 Å². The molecule has 0 aliphatic heterocycles. The molecule has 0 bridgehead atoms. The van der Waals surface area contributed by atoms with E-state index in [0.717, 1.165) is 19.6 Å². The average Bonchev–Trinajstić information content (AvgIpc) is 2.24. The molecule has 0 fully saturated rings. The van der Waals surface area contributed by atoms with Gasteiger partial charge in [0.2, 0.25) is 0 Å². The SMILES string of the molecule is C[C@@H](O)CNCCNCc1ccccc1. The molecule has 3 N–H and O–H groups in total. The normalized spacial score (nSPS) is 12.7. The molecule has 0 unspecified atom stereocenters. The van der Waals surface area contributed by atoms with Gasteiger partial charge in [-0.15, -0.1) is 0 Å². The molecule has 0 saturated heterocycles. The maximum absolute atomic E-state index is 9.00. The molecule has 0 saturated carbocycles. The number of hydrogen-bond donors (Lipinski definition) is 3. The molecule has 1 rings (SSSR count). The third kappa shape index (κ3) is 6.23. The zero-order chi connectivity index (χ0) is 10.9. The quantitative estimate of drug-likeness (QED) is 0.579. The Kier molecular flexibility index (Phi) is 6.00. The van der Waals surface area contributed by atoms with E-state index in [0.29, 0.717) is 6.54 Å². The fraction of sp³-hybridized carbons (Fsp3) is 0.500. The van der Waals surface area contributed by atoms with Gasteiger partial charge in [0.25, 0.3) is 0 Å². The summed E-state index contributed by atoms with van der Waals surface area (Å²) in [4.78, 5) is 0. The van der Waals surface area contributed by atoms with Crippen LogP contribution in [0.3, 0.4) is 0 Å². The van der Waals surface area contributed by atoms with Crippen molar-refractivity contribution in [2.75, 3.05) is 19.6 Å². The van der Waals surface area contributed by atoms with Crippen molar-refractivity contribution in [3.8, 4) is 0 Å². The van der Waals surface area contributed by atoms with Crippen molar-refractivity contribution in [3.05, 3.63) is 35.9 Å². The van der Waals surface area contributed by atoms with Crippen molar-refractivity contribution in [2.45, 2.75) is 19.6 Å². The van der Waals surface area contributed by atoms with Gasteiger partial charge in [-0.25, -0.2) is 0 Å². The number of nitrogens with one attached hydrogen (secondary N) is 2. The van der Waals surface area contributed by atoms with E-state index in [2.05, 4.69) is 22.8 Å². The molecular weight excluding hydrogens is 188 g/mol.